The van der Waals surface area contributed by atoms with Crippen LogP contribution in [-0.2, 0) is 11.2 Å². The van der Waals surface area contributed by atoms with Gasteiger partial charge >= 0.3 is 0 Å². The van der Waals surface area contributed by atoms with Crippen LogP contribution in [0.4, 0.5) is 0 Å². The number of halogens is 1. The summed E-state index contributed by atoms with van der Waals surface area (Å²) in [6, 6.07) is 4.46. The first-order valence-electron chi connectivity index (χ1n) is 8.21. The van der Waals surface area contributed by atoms with E-state index >= 15 is 0 Å². The first kappa shape index (κ1) is 20.3. The molecule has 0 aromatic carbocycles. The van der Waals surface area contributed by atoms with E-state index in [1.807, 2.05) is 26.0 Å². The van der Waals surface area contributed by atoms with E-state index in [1.54, 1.807) is 13.4 Å². The number of guanidine groups is 1. The van der Waals surface area contributed by atoms with Crippen LogP contribution in [0.2, 0.25) is 0 Å². The molecular formula is C17H30IN3O2. The quantitative estimate of drug-likeness (QED) is 0.392. The fraction of sp³-hybridized carbons (Fsp3) is 0.706. The average Bonchev–Trinajstić information content (AvgIpc) is 3.18. The molecule has 1 heterocycles. The second-order valence-corrected chi connectivity index (χ2v) is 6.51. The van der Waals surface area contributed by atoms with Gasteiger partial charge in [0.25, 0.3) is 0 Å². The van der Waals surface area contributed by atoms with Crippen molar-refractivity contribution in [2.24, 2.45) is 4.99 Å². The Balaban J connectivity index is 0.00000264. The molecule has 0 unspecified atom stereocenters. The molecule has 0 atom stereocenters. The van der Waals surface area contributed by atoms with Gasteiger partial charge in [-0.1, -0.05) is 12.8 Å². The first-order chi connectivity index (χ1) is 10.6. The van der Waals surface area contributed by atoms with Gasteiger partial charge in [-0.3, -0.25) is 4.99 Å². The first-order valence-corrected chi connectivity index (χ1v) is 8.21. The Morgan fingerprint density at radius 3 is 2.74 bits per heavy atom. The molecule has 1 saturated carbocycles. The molecule has 1 fully saturated rings. The normalized spacial score (nSPS) is 16.2. The van der Waals surface area contributed by atoms with E-state index < -0.39 is 0 Å². The van der Waals surface area contributed by atoms with Crippen LogP contribution >= 0.6 is 24.0 Å². The second-order valence-electron chi connectivity index (χ2n) is 6.51. The van der Waals surface area contributed by atoms with E-state index in [9.17, 15) is 0 Å². The standard InChI is InChI=1S/C17H29N3O2.HI/c1-17(2,21-3)13-19-16(20-14-7-4-5-8-14)18-11-10-15-9-6-12-22-15;/h6,9,12,14H,4-5,7-8,10-11,13H2,1-3H3,(H2,18,19,20);1H. The molecule has 1 aromatic rings. The van der Waals surface area contributed by atoms with Crippen molar-refractivity contribution in [3.8, 4) is 0 Å². The van der Waals surface area contributed by atoms with Crippen LogP contribution in [-0.4, -0.2) is 37.8 Å². The zero-order valence-electron chi connectivity index (χ0n) is 14.4. The molecular weight excluding hydrogens is 405 g/mol. The molecule has 0 radical (unpaired) electrons. The number of furan rings is 1. The third-order valence-corrected chi connectivity index (χ3v) is 4.11. The van der Waals surface area contributed by atoms with Gasteiger partial charge in [0.2, 0.25) is 0 Å². The summed E-state index contributed by atoms with van der Waals surface area (Å²) in [5, 5.41) is 6.95. The second kappa shape index (κ2) is 10.2. The van der Waals surface area contributed by atoms with Crippen LogP contribution in [0.1, 0.15) is 45.3 Å². The van der Waals surface area contributed by atoms with Gasteiger partial charge in [0, 0.05) is 26.1 Å². The Morgan fingerprint density at radius 2 is 2.13 bits per heavy atom. The summed E-state index contributed by atoms with van der Waals surface area (Å²) in [7, 11) is 1.73. The minimum atomic E-state index is -0.245. The Labute approximate surface area is 156 Å². The number of methoxy groups -OCH3 is 1. The number of nitrogens with zero attached hydrogens (tertiary/aromatic N) is 1. The zero-order valence-corrected chi connectivity index (χ0v) is 16.8. The number of hydrogen-bond acceptors (Lipinski definition) is 3. The number of nitrogens with one attached hydrogen (secondary N) is 2. The molecule has 1 aromatic heterocycles. The molecule has 6 heteroatoms. The van der Waals surface area contributed by atoms with Crippen molar-refractivity contribution in [2.45, 2.75) is 57.6 Å². The van der Waals surface area contributed by atoms with E-state index in [0.717, 1.165) is 24.7 Å². The van der Waals surface area contributed by atoms with Crippen molar-refractivity contribution in [1.82, 2.24) is 10.6 Å². The van der Waals surface area contributed by atoms with Crippen LogP contribution in [0.5, 0.6) is 0 Å². The summed E-state index contributed by atoms with van der Waals surface area (Å²) in [4.78, 5) is 4.69. The molecule has 2 N–H and O–H groups in total. The highest BCUT2D eigenvalue weighted by molar-refractivity contribution is 14.0. The van der Waals surface area contributed by atoms with Crippen molar-refractivity contribution in [3.63, 3.8) is 0 Å². The van der Waals surface area contributed by atoms with Gasteiger partial charge in [-0.2, -0.15) is 0 Å². The molecule has 0 saturated heterocycles. The van der Waals surface area contributed by atoms with Gasteiger partial charge in [-0.25, -0.2) is 0 Å². The fourth-order valence-corrected chi connectivity index (χ4v) is 2.51. The van der Waals surface area contributed by atoms with Crippen LogP contribution in [0.25, 0.3) is 0 Å². The lowest BCUT2D eigenvalue weighted by atomic mass is 10.1. The third kappa shape index (κ3) is 7.56. The number of hydrogen-bond donors (Lipinski definition) is 2. The SMILES string of the molecule is COC(C)(C)CN=C(NCCc1ccco1)NC1CCCC1.I. The fourth-order valence-electron chi connectivity index (χ4n) is 2.51. The lowest BCUT2D eigenvalue weighted by molar-refractivity contribution is 0.0310. The van der Waals surface area contributed by atoms with Crippen molar-refractivity contribution in [2.75, 3.05) is 20.2 Å². The van der Waals surface area contributed by atoms with Gasteiger partial charge in [0.1, 0.15) is 5.76 Å². The maximum absolute atomic E-state index is 5.44. The molecule has 2 rings (SSSR count). The van der Waals surface area contributed by atoms with E-state index in [2.05, 4.69) is 15.6 Å². The molecule has 0 aliphatic heterocycles. The number of rotatable bonds is 7. The molecule has 0 spiro atoms. The van der Waals surface area contributed by atoms with E-state index in [-0.39, 0.29) is 29.6 Å². The van der Waals surface area contributed by atoms with Crippen molar-refractivity contribution >= 4 is 29.9 Å². The summed E-state index contributed by atoms with van der Waals surface area (Å²) in [5.74, 6) is 1.87. The summed E-state index contributed by atoms with van der Waals surface area (Å²) < 4.78 is 10.8. The minimum absolute atomic E-state index is 0. The zero-order chi connectivity index (χ0) is 15.8. The van der Waals surface area contributed by atoms with Gasteiger partial charge in [0.05, 0.1) is 18.4 Å². The Kier molecular flexibility index (Phi) is 8.98. The van der Waals surface area contributed by atoms with Crippen LogP contribution < -0.4 is 10.6 Å². The topological polar surface area (TPSA) is 58.8 Å². The summed E-state index contributed by atoms with van der Waals surface area (Å²) >= 11 is 0. The lowest BCUT2D eigenvalue weighted by Crippen LogP contribution is -2.44. The summed E-state index contributed by atoms with van der Waals surface area (Å²) in [6.07, 6.45) is 7.63. The molecule has 132 valence electrons. The highest BCUT2D eigenvalue weighted by Gasteiger charge is 2.18. The van der Waals surface area contributed by atoms with Crippen LogP contribution in [0.3, 0.4) is 0 Å². The molecule has 0 bridgehead atoms. The maximum Gasteiger partial charge on any atom is 0.191 e. The van der Waals surface area contributed by atoms with E-state index in [4.69, 9.17) is 9.15 Å². The van der Waals surface area contributed by atoms with E-state index in [1.165, 1.54) is 25.7 Å². The van der Waals surface area contributed by atoms with Crippen molar-refractivity contribution < 1.29 is 9.15 Å². The third-order valence-electron chi connectivity index (χ3n) is 4.11. The number of ether oxygens (including phenoxy) is 1. The minimum Gasteiger partial charge on any atom is -0.469 e. The van der Waals surface area contributed by atoms with Gasteiger partial charge in [-0.05, 0) is 38.8 Å². The molecule has 5 nitrogen and oxygen atoms in total. The Morgan fingerprint density at radius 1 is 1.39 bits per heavy atom. The highest BCUT2D eigenvalue weighted by atomic mass is 127. The van der Waals surface area contributed by atoms with Gasteiger partial charge < -0.3 is 19.8 Å². The predicted molar refractivity (Wildman–Crippen MR) is 105 cm³/mol. The molecule has 0 amide bonds. The number of aliphatic imine (C=N–C) groups is 1. The molecule has 1 aliphatic carbocycles. The van der Waals surface area contributed by atoms with E-state index in [0.29, 0.717) is 12.6 Å². The average molecular weight is 435 g/mol. The molecule has 23 heavy (non-hydrogen) atoms. The summed E-state index contributed by atoms with van der Waals surface area (Å²) in [5.41, 5.74) is -0.245. The largest absolute Gasteiger partial charge is 0.469 e. The predicted octanol–water partition coefficient (Wildman–Crippen LogP) is 3.34. The smallest absolute Gasteiger partial charge is 0.191 e. The molecule has 1 aliphatic rings. The van der Waals surface area contributed by atoms with Gasteiger partial charge in [-0.15, -0.1) is 24.0 Å². The van der Waals surface area contributed by atoms with Crippen LogP contribution in [0.15, 0.2) is 27.8 Å². The highest BCUT2D eigenvalue weighted by Crippen LogP contribution is 2.17. The lowest BCUT2D eigenvalue weighted by Gasteiger charge is -2.22. The van der Waals surface area contributed by atoms with Crippen molar-refractivity contribution in [1.29, 1.82) is 0 Å². The Bertz CT molecular complexity index is 454. The van der Waals surface area contributed by atoms with Crippen molar-refractivity contribution in [3.05, 3.63) is 24.2 Å². The van der Waals surface area contributed by atoms with Crippen LogP contribution in [0, 0.1) is 0 Å². The summed E-state index contributed by atoms with van der Waals surface area (Å²) in [6.45, 7) is 5.53. The Hall–Kier alpha value is -0.760. The maximum atomic E-state index is 5.44. The van der Waals surface area contributed by atoms with Gasteiger partial charge in [0.15, 0.2) is 5.96 Å². The monoisotopic (exact) mass is 435 g/mol.